The van der Waals surface area contributed by atoms with Crippen molar-refractivity contribution >= 4 is 29.0 Å². The summed E-state index contributed by atoms with van der Waals surface area (Å²) in [5, 5.41) is -0.255. The first-order valence-corrected chi connectivity index (χ1v) is 5.65. The minimum atomic E-state index is -0.601. The molecule has 1 aromatic rings. The summed E-state index contributed by atoms with van der Waals surface area (Å²) < 4.78 is 13.7. The largest absolute Gasteiger partial charge is 0.351 e. The lowest BCUT2D eigenvalue weighted by atomic mass is 10.3. The third kappa shape index (κ3) is 2.36. The SMILES string of the molecule is CN1CCN(c2nc(Cl)nc(Cl)c2F)CC1. The van der Waals surface area contributed by atoms with Crippen LogP contribution in [0.5, 0.6) is 0 Å². The van der Waals surface area contributed by atoms with E-state index in [2.05, 4.69) is 14.9 Å². The van der Waals surface area contributed by atoms with Crippen LogP contribution < -0.4 is 4.90 Å². The third-order valence-corrected chi connectivity index (χ3v) is 2.99. The van der Waals surface area contributed by atoms with Crippen LogP contribution in [-0.2, 0) is 0 Å². The Morgan fingerprint density at radius 1 is 1.12 bits per heavy atom. The first kappa shape index (κ1) is 11.8. The van der Waals surface area contributed by atoms with Gasteiger partial charge in [0.15, 0.2) is 11.0 Å². The number of nitrogens with zero attached hydrogens (tertiary/aromatic N) is 4. The Morgan fingerprint density at radius 3 is 2.38 bits per heavy atom. The number of piperazine rings is 1. The van der Waals surface area contributed by atoms with E-state index in [1.807, 2.05) is 11.9 Å². The standard InChI is InChI=1S/C9H11Cl2FN4/c1-15-2-4-16(5-3-15)8-6(12)7(10)13-9(11)14-8/h2-5H2,1H3. The van der Waals surface area contributed by atoms with Crippen molar-refractivity contribution in [1.29, 1.82) is 0 Å². The van der Waals surface area contributed by atoms with Crippen LogP contribution in [0.25, 0.3) is 0 Å². The van der Waals surface area contributed by atoms with Crippen LogP contribution in [0.4, 0.5) is 10.2 Å². The maximum Gasteiger partial charge on any atom is 0.225 e. The molecule has 0 N–H and O–H groups in total. The molecule has 0 bridgehead atoms. The molecule has 1 fully saturated rings. The summed E-state index contributed by atoms with van der Waals surface area (Å²) in [7, 11) is 2.02. The first-order valence-electron chi connectivity index (χ1n) is 4.90. The van der Waals surface area contributed by atoms with Crippen molar-refractivity contribution in [3.63, 3.8) is 0 Å². The van der Waals surface area contributed by atoms with Crippen molar-refractivity contribution in [2.45, 2.75) is 0 Å². The van der Waals surface area contributed by atoms with Gasteiger partial charge >= 0.3 is 0 Å². The predicted molar refractivity (Wildman–Crippen MR) is 61.7 cm³/mol. The Hall–Kier alpha value is -0.650. The van der Waals surface area contributed by atoms with Crippen LogP contribution in [0.15, 0.2) is 0 Å². The molecule has 2 rings (SSSR count). The molecular weight excluding hydrogens is 254 g/mol. The van der Waals surface area contributed by atoms with Gasteiger partial charge in [0.05, 0.1) is 0 Å². The molecule has 16 heavy (non-hydrogen) atoms. The average Bonchev–Trinajstić information content (AvgIpc) is 2.25. The van der Waals surface area contributed by atoms with E-state index in [0.717, 1.165) is 13.1 Å². The van der Waals surface area contributed by atoms with Gasteiger partial charge in [0.1, 0.15) is 0 Å². The minimum Gasteiger partial charge on any atom is -0.351 e. The van der Waals surface area contributed by atoms with Gasteiger partial charge in [-0.15, -0.1) is 0 Å². The van der Waals surface area contributed by atoms with Gasteiger partial charge in [-0.3, -0.25) is 0 Å². The van der Waals surface area contributed by atoms with Gasteiger partial charge < -0.3 is 9.80 Å². The van der Waals surface area contributed by atoms with E-state index in [-0.39, 0.29) is 16.3 Å². The van der Waals surface area contributed by atoms with E-state index in [9.17, 15) is 4.39 Å². The Kier molecular flexibility index (Phi) is 3.47. The fourth-order valence-corrected chi connectivity index (χ4v) is 1.98. The molecule has 1 aliphatic heterocycles. The van der Waals surface area contributed by atoms with Gasteiger partial charge in [0.2, 0.25) is 11.1 Å². The Bertz CT molecular complexity index is 393. The van der Waals surface area contributed by atoms with Crippen LogP contribution in [0.1, 0.15) is 0 Å². The molecule has 4 nitrogen and oxygen atoms in total. The lowest BCUT2D eigenvalue weighted by Crippen LogP contribution is -2.45. The second kappa shape index (κ2) is 4.69. The molecule has 2 heterocycles. The highest BCUT2D eigenvalue weighted by molar-refractivity contribution is 6.32. The highest BCUT2D eigenvalue weighted by atomic mass is 35.5. The van der Waals surface area contributed by atoms with Gasteiger partial charge in [-0.05, 0) is 18.6 Å². The first-order chi connectivity index (χ1) is 7.58. The Labute approximate surface area is 103 Å². The minimum absolute atomic E-state index is 0.0275. The van der Waals surface area contributed by atoms with Crippen molar-refractivity contribution in [3.8, 4) is 0 Å². The molecule has 1 aliphatic rings. The average molecular weight is 265 g/mol. The maximum absolute atomic E-state index is 13.7. The normalized spacial score (nSPS) is 17.9. The highest BCUT2D eigenvalue weighted by Gasteiger charge is 2.21. The summed E-state index contributed by atoms with van der Waals surface area (Å²) in [6, 6.07) is 0. The summed E-state index contributed by atoms with van der Waals surface area (Å²) >= 11 is 11.3. The maximum atomic E-state index is 13.7. The number of rotatable bonds is 1. The number of anilines is 1. The van der Waals surface area contributed by atoms with E-state index in [1.54, 1.807) is 0 Å². The molecule has 0 atom stereocenters. The van der Waals surface area contributed by atoms with Gasteiger partial charge in [0, 0.05) is 26.2 Å². The topological polar surface area (TPSA) is 32.3 Å². The number of hydrogen-bond acceptors (Lipinski definition) is 4. The molecule has 1 saturated heterocycles. The quantitative estimate of drug-likeness (QED) is 0.571. The van der Waals surface area contributed by atoms with E-state index in [0.29, 0.717) is 13.1 Å². The predicted octanol–water partition coefficient (Wildman–Crippen LogP) is 1.67. The number of likely N-dealkylation sites (N-methyl/N-ethyl adjacent to an activating group) is 1. The zero-order chi connectivity index (χ0) is 11.7. The Balaban J connectivity index is 2.26. The zero-order valence-electron chi connectivity index (χ0n) is 8.75. The summed E-state index contributed by atoms with van der Waals surface area (Å²) in [5.74, 6) is -0.409. The van der Waals surface area contributed by atoms with Gasteiger partial charge in [0.25, 0.3) is 0 Å². The van der Waals surface area contributed by atoms with Crippen LogP contribution in [0.3, 0.4) is 0 Å². The van der Waals surface area contributed by atoms with Crippen LogP contribution >= 0.6 is 23.2 Å². The van der Waals surface area contributed by atoms with Crippen molar-refractivity contribution in [1.82, 2.24) is 14.9 Å². The molecule has 88 valence electrons. The number of aromatic nitrogens is 2. The molecule has 0 saturated carbocycles. The van der Waals surface area contributed by atoms with Crippen LogP contribution in [0, 0.1) is 5.82 Å². The van der Waals surface area contributed by atoms with E-state index >= 15 is 0 Å². The summed E-state index contributed by atoms with van der Waals surface area (Å²) in [4.78, 5) is 11.4. The molecule has 0 radical (unpaired) electrons. The fourth-order valence-electron chi connectivity index (χ4n) is 1.61. The van der Waals surface area contributed by atoms with Crippen LogP contribution in [0.2, 0.25) is 10.4 Å². The van der Waals surface area contributed by atoms with Crippen LogP contribution in [-0.4, -0.2) is 48.1 Å². The lowest BCUT2D eigenvalue weighted by Gasteiger charge is -2.33. The Morgan fingerprint density at radius 2 is 1.75 bits per heavy atom. The van der Waals surface area contributed by atoms with E-state index < -0.39 is 5.82 Å². The van der Waals surface area contributed by atoms with Crippen molar-refractivity contribution in [3.05, 3.63) is 16.3 Å². The van der Waals surface area contributed by atoms with Gasteiger partial charge in [-0.1, -0.05) is 11.6 Å². The second-order valence-electron chi connectivity index (χ2n) is 3.71. The van der Waals surface area contributed by atoms with E-state index in [4.69, 9.17) is 23.2 Å². The fraction of sp³-hybridized carbons (Fsp3) is 0.556. The molecule has 0 spiro atoms. The zero-order valence-corrected chi connectivity index (χ0v) is 10.3. The van der Waals surface area contributed by atoms with Gasteiger partial charge in [-0.25, -0.2) is 4.98 Å². The molecule has 0 aliphatic carbocycles. The third-order valence-electron chi connectivity index (χ3n) is 2.57. The second-order valence-corrected chi connectivity index (χ2v) is 4.41. The molecule has 0 amide bonds. The lowest BCUT2D eigenvalue weighted by molar-refractivity contribution is 0.310. The molecule has 7 heteroatoms. The molecular formula is C9H11Cl2FN4. The molecule has 1 aromatic heterocycles. The van der Waals surface area contributed by atoms with Crippen molar-refractivity contribution in [2.75, 3.05) is 38.1 Å². The summed E-state index contributed by atoms with van der Waals surface area (Å²) in [5.41, 5.74) is 0. The summed E-state index contributed by atoms with van der Waals surface area (Å²) in [6.45, 7) is 3.13. The van der Waals surface area contributed by atoms with Crippen molar-refractivity contribution in [2.24, 2.45) is 0 Å². The monoisotopic (exact) mass is 264 g/mol. The summed E-state index contributed by atoms with van der Waals surface area (Å²) in [6.07, 6.45) is 0. The van der Waals surface area contributed by atoms with Gasteiger partial charge in [-0.2, -0.15) is 9.37 Å². The van der Waals surface area contributed by atoms with E-state index in [1.165, 1.54) is 0 Å². The number of halogens is 3. The number of hydrogen-bond donors (Lipinski definition) is 0. The molecule has 0 unspecified atom stereocenters. The molecule has 0 aromatic carbocycles. The smallest absolute Gasteiger partial charge is 0.225 e. The van der Waals surface area contributed by atoms with Crippen molar-refractivity contribution < 1.29 is 4.39 Å². The highest BCUT2D eigenvalue weighted by Crippen LogP contribution is 2.24.